The fourth-order valence-electron chi connectivity index (χ4n) is 1.43. The van der Waals surface area contributed by atoms with Gasteiger partial charge < -0.3 is 4.18 Å². The molecule has 0 bridgehead atoms. The summed E-state index contributed by atoms with van der Waals surface area (Å²) in [7, 11) is 0. The lowest BCUT2D eigenvalue weighted by Gasteiger charge is -2.15. The summed E-state index contributed by atoms with van der Waals surface area (Å²) in [4.78, 5) is 12.0. The van der Waals surface area contributed by atoms with E-state index in [0.29, 0.717) is 22.6 Å². The number of rotatable bonds is 2. The van der Waals surface area contributed by atoms with Crippen molar-refractivity contribution in [3.05, 3.63) is 23.8 Å². The van der Waals surface area contributed by atoms with Crippen molar-refractivity contribution in [3.8, 4) is 5.75 Å². The van der Waals surface area contributed by atoms with Gasteiger partial charge >= 0.3 is 16.6 Å². The van der Waals surface area contributed by atoms with E-state index in [9.17, 15) is 22.2 Å². The Morgan fingerprint density at radius 1 is 1.33 bits per heavy atom. The summed E-state index contributed by atoms with van der Waals surface area (Å²) in [6.07, 6.45) is 0.409. The third-order valence-electron chi connectivity index (χ3n) is 2.20. The van der Waals surface area contributed by atoms with E-state index in [0.717, 1.165) is 0 Å². The molecule has 0 aromatic heterocycles. The Bertz CT molecular complexity index is 514. The lowest BCUT2D eigenvalue weighted by molar-refractivity contribution is -0.0437. The third-order valence-corrected chi connectivity index (χ3v) is 3.98. The summed E-state index contributed by atoms with van der Waals surface area (Å²) in [6, 6.07) is 3.92. The predicted molar refractivity (Wildman–Crippen MR) is 60.9 cm³/mol. The Labute approximate surface area is 107 Å². The summed E-state index contributed by atoms with van der Waals surface area (Å²) in [5.41, 5.74) is -4.45. The van der Waals surface area contributed by atoms with Gasteiger partial charge in [-0.1, -0.05) is 0 Å². The van der Waals surface area contributed by atoms with Crippen LogP contribution in [0.2, 0.25) is 0 Å². The SMILES string of the molecule is O=C1CCSc2cc(OS(=O)C(F)(F)F)ccc21. The summed E-state index contributed by atoms with van der Waals surface area (Å²) < 4.78 is 51.2. The summed E-state index contributed by atoms with van der Waals surface area (Å²) in [5, 5.41) is 0. The van der Waals surface area contributed by atoms with Crippen LogP contribution in [0.1, 0.15) is 16.8 Å². The van der Waals surface area contributed by atoms with E-state index < -0.39 is 16.6 Å². The molecule has 0 spiro atoms. The Morgan fingerprint density at radius 3 is 2.72 bits per heavy atom. The van der Waals surface area contributed by atoms with Crippen LogP contribution in [0.4, 0.5) is 13.2 Å². The molecule has 0 N–H and O–H groups in total. The van der Waals surface area contributed by atoms with Gasteiger partial charge in [-0.15, -0.1) is 11.8 Å². The number of fused-ring (bicyclic) bond motifs is 1. The van der Waals surface area contributed by atoms with Gasteiger partial charge in [0.2, 0.25) is 0 Å². The summed E-state index contributed by atoms with van der Waals surface area (Å²) >= 11 is -2.03. The number of alkyl halides is 3. The van der Waals surface area contributed by atoms with Gasteiger partial charge in [0.1, 0.15) is 5.75 Å². The van der Waals surface area contributed by atoms with Crippen molar-refractivity contribution in [3.63, 3.8) is 0 Å². The number of carbonyl (C=O) groups excluding carboxylic acids is 1. The standard InChI is InChI=1S/C10H7F3O3S2/c11-10(12,13)18(15)16-6-1-2-7-8(14)3-4-17-9(7)5-6/h1-2,5H,3-4H2. The van der Waals surface area contributed by atoms with E-state index in [1.54, 1.807) is 0 Å². The van der Waals surface area contributed by atoms with Gasteiger partial charge in [-0.3, -0.25) is 4.79 Å². The summed E-state index contributed by atoms with van der Waals surface area (Å²) in [5.74, 6) is 0.372. The molecule has 1 aromatic carbocycles. The van der Waals surface area contributed by atoms with Crippen molar-refractivity contribution >= 4 is 28.6 Å². The molecule has 1 heterocycles. The summed E-state index contributed by atoms with van der Waals surface area (Å²) in [6.45, 7) is 0. The maximum absolute atomic E-state index is 12.1. The van der Waals surface area contributed by atoms with Crippen molar-refractivity contribution in [2.45, 2.75) is 16.8 Å². The average Bonchev–Trinajstić information content (AvgIpc) is 2.28. The molecule has 0 radical (unpaired) electrons. The highest BCUT2D eigenvalue weighted by Crippen LogP contribution is 2.34. The zero-order valence-corrected chi connectivity index (χ0v) is 10.5. The zero-order chi connectivity index (χ0) is 13.3. The van der Waals surface area contributed by atoms with Gasteiger partial charge in [0, 0.05) is 22.6 Å². The second-order valence-electron chi connectivity index (χ2n) is 3.44. The number of carbonyl (C=O) groups is 1. The smallest absolute Gasteiger partial charge is 0.394 e. The van der Waals surface area contributed by atoms with Gasteiger partial charge in [0.15, 0.2) is 5.78 Å². The largest absolute Gasteiger partial charge is 0.508 e. The number of Topliss-reactive ketones (excluding diaryl/α,β-unsaturated/α-hetero) is 1. The third kappa shape index (κ3) is 2.86. The highest BCUT2D eigenvalue weighted by Gasteiger charge is 2.40. The molecule has 0 fully saturated rings. The van der Waals surface area contributed by atoms with E-state index in [4.69, 9.17) is 0 Å². The topological polar surface area (TPSA) is 43.4 Å². The van der Waals surface area contributed by atoms with Crippen molar-refractivity contribution in [2.75, 3.05) is 5.75 Å². The van der Waals surface area contributed by atoms with Crippen LogP contribution in [0, 0.1) is 0 Å². The number of thioether (sulfide) groups is 1. The Morgan fingerprint density at radius 2 is 2.06 bits per heavy atom. The molecule has 1 atom stereocenters. The van der Waals surface area contributed by atoms with Crippen LogP contribution in [0.15, 0.2) is 23.1 Å². The molecule has 1 aliphatic heterocycles. The maximum Gasteiger partial charge on any atom is 0.508 e. The fraction of sp³-hybridized carbons (Fsp3) is 0.300. The van der Waals surface area contributed by atoms with Crippen LogP contribution in [0.5, 0.6) is 5.75 Å². The molecule has 0 aliphatic carbocycles. The van der Waals surface area contributed by atoms with Crippen LogP contribution in [0.3, 0.4) is 0 Å². The van der Waals surface area contributed by atoms with E-state index in [1.807, 2.05) is 0 Å². The minimum absolute atomic E-state index is 0.0488. The van der Waals surface area contributed by atoms with Gasteiger partial charge in [-0.25, -0.2) is 4.21 Å². The van der Waals surface area contributed by atoms with Crippen molar-refractivity contribution < 1.29 is 26.4 Å². The molecule has 8 heteroatoms. The van der Waals surface area contributed by atoms with E-state index in [2.05, 4.69) is 4.18 Å². The maximum atomic E-state index is 12.1. The van der Waals surface area contributed by atoms with Crippen LogP contribution >= 0.6 is 11.8 Å². The molecule has 0 saturated carbocycles. The number of hydrogen-bond acceptors (Lipinski definition) is 4. The second-order valence-corrected chi connectivity index (χ2v) is 5.68. The molecule has 1 aromatic rings. The average molecular weight is 296 g/mol. The zero-order valence-electron chi connectivity index (χ0n) is 8.82. The normalized spacial score (nSPS) is 17.2. The van der Waals surface area contributed by atoms with Gasteiger partial charge in [-0.05, 0) is 18.2 Å². The van der Waals surface area contributed by atoms with Gasteiger partial charge in [0.25, 0.3) is 0 Å². The van der Waals surface area contributed by atoms with Crippen LogP contribution < -0.4 is 4.18 Å². The Balaban J connectivity index is 2.22. The molecule has 98 valence electrons. The first-order valence-electron chi connectivity index (χ1n) is 4.85. The van der Waals surface area contributed by atoms with Crippen LogP contribution in [0.25, 0.3) is 0 Å². The van der Waals surface area contributed by atoms with Gasteiger partial charge in [0.05, 0.1) is 0 Å². The predicted octanol–water partition coefficient (Wildman–Crippen LogP) is 2.93. The molecule has 0 amide bonds. The number of benzene rings is 1. The van der Waals surface area contributed by atoms with Crippen molar-refractivity contribution in [1.29, 1.82) is 0 Å². The minimum Gasteiger partial charge on any atom is -0.394 e. The molecule has 2 rings (SSSR count). The van der Waals surface area contributed by atoms with Crippen molar-refractivity contribution in [1.82, 2.24) is 0 Å². The first-order chi connectivity index (χ1) is 8.38. The lowest BCUT2D eigenvalue weighted by Crippen LogP contribution is -2.21. The molecular weight excluding hydrogens is 289 g/mol. The monoisotopic (exact) mass is 296 g/mol. The van der Waals surface area contributed by atoms with Crippen LogP contribution in [-0.2, 0) is 11.1 Å². The second kappa shape index (κ2) is 4.93. The quantitative estimate of drug-likeness (QED) is 0.841. The molecule has 0 saturated heterocycles. The van der Waals surface area contributed by atoms with Gasteiger partial charge in [-0.2, -0.15) is 13.2 Å². The number of halogens is 3. The lowest BCUT2D eigenvalue weighted by atomic mass is 10.1. The molecular formula is C10H7F3O3S2. The van der Waals surface area contributed by atoms with Crippen molar-refractivity contribution in [2.24, 2.45) is 0 Å². The van der Waals surface area contributed by atoms with E-state index in [-0.39, 0.29) is 11.5 Å². The number of hydrogen-bond donors (Lipinski definition) is 0. The molecule has 18 heavy (non-hydrogen) atoms. The Hall–Kier alpha value is -1.02. The molecule has 1 aliphatic rings. The minimum atomic E-state index is -4.92. The first-order valence-corrected chi connectivity index (χ1v) is 6.91. The van der Waals surface area contributed by atoms with E-state index in [1.165, 1.54) is 30.0 Å². The Kier molecular flexibility index (Phi) is 3.67. The first kappa shape index (κ1) is 13.4. The molecule has 3 nitrogen and oxygen atoms in total. The molecule has 1 unspecified atom stereocenters. The van der Waals surface area contributed by atoms with Crippen LogP contribution in [-0.4, -0.2) is 21.3 Å². The highest BCUT2D eigenvalue weighted by molar-refractivity contribution is 7.99. The highest BCUT2D eigenvalue weighted by atomic mass is 32.2. The fourth-order valence-corrected chi connectivity index (χ4v) is 2.84. The number of ketones is 1. The van der Waals surface area contributed by atoms with E-state index >= 15 is 0 Å².